The van der Waals surface area contributed by atoms with Crippen molar-refractivity contribution in [3.63, 3.8) is 0 Å². The maximum atomic E-state index is 12.7. The normalized spacial score (nSPS) is 37.5. The molecule has 6 atom stereocenters. The summed E-state index contributed by atoms with van der Waals surface area (Å²) in [6.07, 6.45) is 5.16. The minimum atomic E-state index is -0.848. The highest BCUT2D eigenvalue weighted by Gasteiger charge is 2.62. The van der Waals surface area contributed by atoms with Crippen molar-refractivity contribution in [2.75, 3.05) is 5.32 Å². The van der Waals surface area contributed by atoms with Crippen molar-refractivity contribution in [2.24, 2.45) is 35.5 Å². The van der Waals surface area contributed by atoms with Crippen molar-refractivity contribution in [2.45, 2.75) is 6.42 Å². The SMILES string of the molecule is O=C(O)[C@@H]1[C@@H]2C=C[C@@H]([C@@H]3C[C@H]23)[C@@H]1C(=O)Nc1cccc(Br)c1. The van der Waals surface area contributed by atoms with Crippen molar-refractivity contribution in [1.82, 2.24) is 0 Å². The second-order valence-corrected chi connectivity index (χ2v) is 7.41. The number of amides is 1. The van der Waals surface area contributed by atoms with Gasteiger partial charge in [-0.1, -0.05) is 34.1 Å². The fourth-order valence-electron chi connectivity index (χ4n) is 4.36. The van der Waals surface area contributed by atoms with E-state index >= 15 is 0 Å². The first kappa shape index (κ1) is 14.0. The molecule has 4 aliphatic carbocycles. The number of anilines is 1. The zero-order valence-corrected chi connectivity index (χ0v) is 13.4. The predicted octanol–water partition coefficient (Wildman–Crippen LogP) is 3.16. The summed E-state index contributed by atoms with van der Waals surface area (Å²) in [6, 6.07) is 7.37. The van der Waals surface area contributed by atoms with Crippen molar-refractivity contribution in [1.29, 1.82) is 0 Å². The van der Waals surface area contributed by atoms with Crippen molar-refractivity contribution >= 4 is 33.5 Å². The van der Waals surface area contributed by atoms with Crippen LogP contribution in [-0.4, -0.2) is 17.0 Å². The number of nitrogens with one attached hydrogen (secondary N) is 1. The van der Waals surface area contributed by atoms with Gasteiger partial charge in [0.25, 0.3) is 0 Å². The van der Waals surface area contributed by atoms with Gasteiger partial charge in [0.2, 0.25) is 5.91 Å². The summed E-state index contributed by atoms with van der Waals surface area (Å²) in [7, 11) is 0. The number of aliphatic carboxylic acids is 1. The number of allylic oxidation sites excluding steroid dienone is 2. The lowest BCUT2D eigenvalue weighted by Gasteiger charge is -2.41. The van der Waals surface area contributed by atoms with Crippen LogP contribution >= 0.6 is 15.9 Å². The maximum Gasteiger partial charge on any atom is 0.307 e. The molecule has 22 heavy (non-hydrogen) atoms. The number of hydrogen-bond acceptors (Lipinski definition) is 2. The van der Waals surface area contributed by atoms with Crippen LogP contribution in [-0.2, 0) is 9.59 Å². The summed E-state index contributed by atoms with van der Waals surface area (Å²) in [5.74, 6) is -1.00. The van der Waals surface area contributed by atoms with Gasteiger partial charge in [0.1, 0.15) is 0 Å². The Hall–Kier alpha value is -1.62. The third-order valence-electron chi connectivity index (χ3n) is 5.33. The summed E-state index contributed by atoms with van der Waals surface area (Å²) in [4.78, 5) is 24.4. The number of rotatable bonds is 3. The molecule has 2 N–H and O–H groups in total. The number of carboxylic acid groups (broad SMARTS) is 1. The molecule has 0 heterocycles. The molecule has 4 nitrogen and oxygen atoms in total. The van der Waals surface area contributed by atoms with Crippen LogP contribution in [0.25, 0.3) is 0 Å². The average Bonchev–Trinajstić information content (AvgIpc) is 3.28. The molecule has 0 aliphatic heterocycles. The zero-order chi connectivity index (χ0) is 15.4. The summed E-state index contributed by atoms with van der Waals surface area (Å²) in [5, 5.41) is 12.5. The molecule has 2 bridgehead atoms. The lowest BCUT2D eigenvalue weighted by Crippen LogP contribution is -2.48. The molecule has 2 fully saturated rings. The molecule has 5 rings (SSSR count). The molecule has 1 aromatic rings. The van der Waals surface area contributed by atoms with Crippen LogP contribution in [0.5, 0.6) is 0 Å². The van der Waals surface area contributed by atoms with Gasteiger partial charge < -0.3 is 10.4 Å². The Labute approximate surface area is 136 Å². The van der Waals surface area contributed by atoms with Gasteiger partial charge in [0, 0.05) is 10.2 Å². The largest absolute Gasteiger partial charge is 0.481 e. The van der Waals surface area contributed by atoms with Crippen LogP contribution in [0.3, 0.4) is 0 Å². The van der Waals surface area contributed by atoms with Crippen LogP contribution in [0.1, 0.15) is 6.42 Å². The number of fused-ring (bicyclic) bond motifs is 1. The second-order valence-electron chi connectivity index (χ2n) is 6.49. The predicted molar refractivity (Wildman–Crippen MR) is 85.1 cm³/mol. The van der Waals surface area contributed by atoms with Gasteiger partial charge in [0.15, 0.2) is 0 Å². The van der Waals surface area contributed by atoms with Gasteiger partial charge >= 0.3 is 5.97 Å². The topological polar surface area (TPSA) is 66.4 Å². The number of carboxylic acids is 1. The Balaban J connectivity index is 1.61. The fraction of sp³-hybridized carbons (Fsp3) is 0.412. The van der Waals surface area contributed by atoms with E-state index in [0.717, 1.165) is 10.9 Å². The third kappa shape index (κ3) is 2.10. The first-order chi connectivity index (χ1) is 10.6. The van der Waals surface area contributed by atoms with Crippen molar-refractivity contribution in [3.8, 4) is 0 Å². The first-order valence-electron chi connectivity index (χ1n) is 7.54. The van der Waals surface area contributed by atoms with E-state index < -0.39 is 17.8 Å². The van der Waals surface area contributed by atoms with Gasteiger partial charge in [-0.15, -0.1) is 0 Å². The Bertz CT molecular complexity index is 686. The molecule has 0 spiro atoms. The highest BCUT2D eigenvalue weighted by atomic mass is 79.9. The summed E-state index contributed by atoms with van der Waals surface area (Å²) >= 11 is 3.38. The molecule has 0 aromatic heterocycles. The Morgan fingerprint density at radius 2 is 1.82 bits per heavy atom. The molecule has 1 amide bonds. The van der Waals surface area contributed by atoms with Crippen LogP contribution in [0.4, 0.5) is 5.69 Å². The maximum absolute atomic E-state index is 12.7. The van der Waals surface area contributed by atoms with Gasteiger partial charge in [-0.3, -0.25) is 9.59 Å². The quantitative estimate of drug-likeness (QED) is 0.812. The van der Waals surface area contributed by atoms with E-state index in [1.807, 2.05) is 30.3 Å². The van der Waals surface area contributed by atoms with Gasteiger partial charge in [-0.2, -0.15) is 0 Å². The highest BCUT2D eigenvalue weighted by molar-refractivity contribution is 9.10. The third-order valence-corrected chi connectivity index (χ3v) is 5.83. The van der Waals surface area contributed by atoms with E-state index in [9.17, 15) is 14.7 Å². The van der Waals surface area contributed by atoms with E-state index in [1.165, 1.54) is 0 Å². The number of benzene rings is 1. The van der Waals surface area contributed by atoms with Crippen LogP contribution in [0.2, 0.25) is 0 Å². The van der Waals surface area contributed by atoms with Gasteiger partial charge in [0.05, 0.1) is 11.8 Å². The minimum absolute atomic E-state index is 0.0192. The smallest absolute Gasteiger partial charge is 0.307 e. The first-order valence-corrected chi connectivity index (χ1v) is 8.33. The standard InChI is InChI=1S/C17H16BrNO3/c18-8-2-1-3-9(6-8)19-16(20)14-10-4-5-11(13-7-12(10)13)15(14)17(21)22/h1-6,10-15H,7H2,(H,19,20)(H,21,22)/t10-,11+,12-,13+,14-,15+/m0/s1. The fourth-order valence-corrected chi connectivity index (χ4v) is 4.76. The van der Waals surface area contributed by atoms with Crippen molar-refractivity contribution in [3.05, 3.63) is 40.9 Å². The number of halogens is 1. The summed E-state index contributed by atoms with van der Waals surface area (Å²) in [6.45, 7) is 0. The molecule has 1 aromatic carbocycles. The zero-order valence-electron chi connectivity index (χ0n) is 11.8. The lowest BCUT2D eigenvalue weighted by atomic mass is 9.62. The number of carbonyl (C=O) groups excluding carboxylic acids is 1. The average molecular weight is 362 g/mol. The molecule has 0 unspecified atom stereocenters. The Morgan fingerprint density at radius 1 is 1.14 bits per heavy atom. The molecular formula is C17H16BrNO3. The number of hydrogen-bond donors (Lipinski definition) is 2. The molecule has 5 heteroatoms. The van der Waals surface area contributed by atoms with Gasteiger partial charge in [-0.25, -0.2) is 0 Å². The second kappa shape index (κ2) is 4.95. The molecule has 2 saturated carbocycles. The number of carbonyl (C=O) groups is 2. The Morgan fingerprint density at radius 3 is 2.45 bits per heavy atom. The highest BCUT2D eigenvalue weighted by Crippen LogP contribution is 2.63. The van der Waals surface area contributed by atoms with Crippen LogP contribution < -0.4 is 5.32 Å². The van der Waals surface area contributed by atoms with E-state index in [0.29, 0.717) is 17.5 Å². The Kier molecular flexibility index (Phi) is 3.15. The van der Waals surface area contributed by atoms with Crippen molar-refractivity contribution < 1.29 is 14.7 Å². The van der Waals surface area contributed by atoms with Crippen LogP contribution in [0, 0.1) is 35.5 Å². The van der Waals surface area contributed by atoms with E-state index in [2.05, 4.69) is 27.3 Å². The summed E-state index contributed by atoms with van der Waals surface area (Å²) in [5.41, 5.74) is 0.696. The summed E-state index contributed by atoms with van der Waals surface area (Å²) < 4.78 is 0.882. The van der Waals surface area contributed by atoms with E-state index in [-0.39, 0.29) is 17.7 Å². The molecule has 4 aliphatic rings. The van der Waals surface area contributed by atoms with Crippen LogP contribution in [0.15, 0.2) is 40.9 Å². The lowest BCUT2D eigenvalue weighted by molar-refractivity contribution is -0.152. The molecule has 114 valence electrons. The molecule has 0 saturated heterocycles. The minimum Gasteiger partial charge on any atom is -0.481 e. The van der Waals surface area contributed by atoms with Gasteiger partial charge in [-0.05, 0) is 48.3 Å². The molecule has 0 radical (unpaired) electrons. The van der Waals surface area contributed by atoms with E-state index in [1.54, 1.807) is 0 Å². The monoisotopic (exact) mass is 361 g/mol. The molecular weight excluding hydrogens is 346 g/mol. The van der Waals surface area contributed by atoms with E-state index in [4.69, 9.17) is 0 Å².